The highest BCUT2D eigenvalue weighted by molar-refractivity contribution is 7.80. The summed E-state index contributed by atoms with van der Waals surface area (Å²) in [6.45, 7) is 3.12. The Balaban J connectivity index is 1.51. The minimum atomic E-state index is 0.597. The largest absolute Gasteiger partial charge is 0.360 e. The number of hydrogen-bond donors (Lipinski definition) is 1. The van der Waals surface area contributed by atoms with E-state index in [0.29, 0.717) is 6.04 Å². The van der Waals surface area contributed by atoms with Gasteiger partial charge < -0.3 is 14.8 Å². The molecule has 2 aliphatic rings. The Kier molecular flexibility index (Phi) is 6.70. The fourth-order valence-corrected chi connectivity index (χ4v) is 4.14. The van der Waals surface area contributed by atoms with Gasteiger partial charge in [0.15, 0.2) is 5.11 Å². The number of rotatable bonds is 7. The van der Waals surface area contributed by atoms with E-state index in [1.54, 1.807) is 0 Å². The third-order valence-corrected chi connectivity index (χ3v) is 5.61. The maximum atomic E-state index is 5.77. The summed E-state index contributed by atoms with van der Waals surface area (Å²) in [5, 5.41) is 4.61. The normalized spacial score (nSPS) is 21.1. The molecule has 132 valence electrons. The number of hydrogen-bond acceptors (Lipinski definition) is 2. The lowest BCUT2D eigenvalue weighted by Crippen LogP contribution is -2.46. The average molecular weight is 347 g/mol. The van der Waals surface area contributed by atoms with Gasteiger partial charge in [-0.25, -0.2) is 4.98 Å². The molecule has 1 heterocycles. The summed E-state index contributed by atoms with van der Waals surface area (Å²) < 4.78 is 2.15. The monoisotopic (exact) mass is 346 g/mol. The van der Waals surface area contributed by atoms with Crippen molar-refractivity contribution in [3.8, 4) is 0 Å². The predicted octanol–water partition coefficient (Wildman–Crippen LogP) is 3.75. The molecule has 0 spiro atoms. The predicted molar refractivity (Wildman–Crippen MR) is 103 cm³/mol. The van der Waals surface area contributed by atoms with Crippen LogP contribution in [0.25, 0.3) is 0 Å². The molecule has 0 saturated heterocycles. The van der Waals surface area contributed by atoms with Crippen molar-refractivity contribution < 1.29 is 0 Å². The lowest BCUT2D eigenvalue weighted by Gasteiger charge is -2.32. The van der Waals surface area contributed by atoms with Crippen molar-refractivity contribution in [1.82, 2.24) is 19.8 Å². The number of nitrogens with one attached hydrogen (secondary N) is 1. The summed E-state index contributed by atoms with van der Waals surface area (Å²) in [7, 11) is 0. The van der Waals surface area contributed by atoms with Gasteiger partial charge in [0.25, 0.3) is 0 Å². The van der Waals surface area contributed by atoms with Gasteiger partial charge in [-0.3, -0.25) is 0 Å². The molecule has 1 atom stereocenters. The van der Waals surface area contributed by atoms with Crippen LogP contribution in [0.3, 0.4) is 0 Å². The molecule has 0 aliphatic heterocycles. The molecule has 1 saturated carbocycles. The number of imidazole rings is 1. The molecule has 1 aromatic rings. The molecule has 1 unspecified atom stereocenters. The van der Waals surface area contributed by atoms with Gasteiger partial charge in [-0.05, 0) is 56.7 Å². The number of allylic oxidation sites excluding steroid dienone is 2. The van der Waals surface area contributed by atoms with Crippen LogP contribution in [0, 0.1) is 5.92 Å². The van der Waals surface area contributed by atoms with Crippen molar-refractivity contribution in [1.29, 1.82) is 0 Å². The van der Waals surface area contributed by atoms with Crippen molar-refractivity contribution in [3.05, 3.63) is 30.9 Å². The molecule has 1 aromatic heterocycles. The van der Waals surface area contributed by atoms with Crippen LogP contribution in [0.5, 0.6) is 0 Å². The van der Waals surface area contributed by atoms with Crippen LogP contribution in [0.4, 0.5) is 0 Å². The maximum absolute atomic E-state index is 5.77. The van der Waals surface area contributed by atoms with Crippen LogP contribution < -0.4 is 5.32 Å². The highest BCUT2D eigenvalue weighted by Crippen LogP contribution is 2.21. The maximum Gasteiger partial charge on any atom is 0.169 e. The second kappa shape index (κ2) is 9.21. The fraction of sp³-hybridized carbons (Fsp3) is 0.684. The third kappa shape index (κ3) is 5.33. The summed E-state index contributed by atoms with van der Waals surface area (Å²) in [4.78, 5) is 6.55. The van der Waals surface area contributed by atoms with Crippen LogP contribution in [0.2, 0.25) is 0 Å². The van der Waals surface area contributed by atoms with E-state index in [1.165, 1.54) is 44.9 Å². The molecular weight excluding hydrogens is 316 g/mol. The van der Waals surface area contributed by atoms with Gasteiger partial charge >= 0.3 is 0 Å². The Labute approximate surface area is 151 Å². The Morgan fingerprint density at radius 1 is 1.25 bits per heavy atom. The smallest absolute Gasteiger partial charge is 0.169 e. The minimum absolute atomic E-state index is 0.597. The second-order valence-corrected chi connectivity index (χ2v) is 7.57. The molecule has 0 amide bonds. The van der Waals surface area contributed by atoms with E-state index in [-0.39, 0.29) is 0 Å². The van der Waals surface area contributed by atoms with E-state index < -0.39 is 0 Å². The standard InChI is InChI=1S/C19H30N4S/c24-19(21-18-9-4-5-10-18)23(15-17-7-2-1-3-8-17)13-6-12-22-14-11-20-16-22/h1-2,11,14,16-18H,3-10,12-13,15H2,(H,21,24). The lowest BCUT2D eigenvalue weighted by atomic mass is 9.94. The van der Waals surface area contributed by atoms with Crippen LogP contribution in [0.1, 0.15) is 51.4 Å². The molecule has 1 fully saturated rings. The Morgan fingerprint density at radius 2 is 2.12 bits per heavy atom. The van der Waals surface area contributed by atoms with E-state index in [1.807, 2.05) is 18.7 Å². The highest BCUT2D eigenvalue weighted by atomic mass is 32.1. The van der Waals surface area contributed by atoms with Gasteiger partial charge in [0.2, 0.25) is 0 Å². The molecule has 1 N–H and O–H groups in total. The first-order valence-electron chi connectivity index (χ1n) is 9.47. The molecule has 5 heteroatoms. The van der Waals surface area contributed by atoms with Gasteiger partial charge in [-0.2, -0.15) is 0 Å². The molecule has 0 aromatic carbocycles. The number of thiocarbonyl (C=S) groups is 1. The van der Waals surface area contributed by atoms with Crippen molar-refractivity contribution in [2.45, 2.75) is 64.0 Å². The molecular formula is C19H30N4S. The summed E-state index contributed by atoms with van der Waals surface area (Å²) >= 11 is 5.77. The van der Waals surface area contributed by atoms with E-state index >= 15 is 0 Å². The SMILES string of the molecule is S=C(NC1CCCC1)N(CCCn1ccnc1)CC1CC=CCC1. The van der Waals surface area contributed by atoms with Crippen molar-refractivity contribution in [2.24, 2.45) is 5.92 Å². The van der Waals surface area contributed by atoms with Gasteiger partial charge in [0.05, 0.1) is 6.33 Å². The van der Waals surface area contributed by atoms with E-state index in [9.17, 15) is 0 Å². The first-order valence-corrected chi connectivity index (χ1v) is 9.88. The van der Waals surface area contributed by atoms with E-state index in [2.05, 4.69) is 31.9 Å². The molecule has 24 heavy (non-hydrogen) atoms. The van der Waals surface area contributed by atoms with E-state index in [4.69, 9.17) is 12.2 Å². The zero-order valence-electron chi connectivity index (χ0n) is 14.6. The van der Waals surface area contributed by atoms with Crippen molar-refractivity contribution in [3.63, 3.8) is 0 Å². The highest BCUT2D eigenvalue weighted by Gasteiger charge is 2.21. The van der Waals surface area contributed by atoms with Gasteiger partial charge in [-0.15, -0.1) is 0 Å². The Hall–Kier alpha value is -1.36. The topological polar surface area (TPSA) is 33.1 Å². The molecule has 0 bridgehead atoms. The quantitative estimate of drug-likeness (QED) is 0.602. The third-order valence-electron chi connectivity index (χ3n) is 5.23. The second-order valence-electron chi connectivity index (χ2n) is 7.18. The van der Waals surface area contributed by atoms with Crippen molar-refractivity contribution in [2.75, 3.05) is 13.1 Å². The van der Waals surface area contributed by atoms with Gasteiger partial charge in [-0.1, -0.05) is 25.0 Å². The lowest BCUT2D eigenvalue weighted by molar-refractivity contribution is 0.307. The Bertz CT molecular complexity index is 519. The molecule has 3 rings (SSSR count). The number of nitrogens with zero attached hydrogens (tertiary/aromatic N) is 3. The van der Waals surface area contributed by atoms with Crippen LogP contribution in [-0.2, 0) is 6.54 Å². The fourth-order valence-electron chi connectivity index (χ4n) is 3.81. The number of aryl methyl sites for hydroxylation is 1. The van der Waals surface area contributed by atoms with E-state index in [0.717, 1.165) is 37.1 Å². The Morgan fingerprint density at radius 3 is 2.83 bits per heavy atom. The molecule has 0 radical (unpaired) electrons. The molecule has 4 nitrogen and oxygen atoms in total. The number of aromatic nitrogens is 2. The van der Waals surface area contributed by atoms with Crippen LogP contribution in [-0.4, -0.2) is 38.7 Å². The van der Waals surface area contributed by atoms with Gasteiger partial charge in [0.1, 0.15) is 0 Å². The summed E-state index contributed by atoms with van der Waals surface area (Å²) in [6, 6.07) is 0.597. The zero-order valence-corrected chi connectivity index (χ0v) is 15.4. The van der Waals surface area contributed by atoms with Crippen LogP contribution in [0.15, 0.2) is 30.9 Å². The summed E-state index contributed by atoms with van der Waals surface area (Å²) in [5.74, 6) is 0.742. The van der Waals surface area contributed by atoms with Crippen LogP contribution >= 0.6 is 12.2 Å². The first-order chi connectivity index (χ1) is 11.8. The van der Waals surface area contributed by atoms with Gasteiger partial charge in [0, 0.05) is 38.1 Å². The average Bonchev–Trinajstić information content (AvgIpc) is 3.29. The summed E-state index contributed by atoms with van der Waals surface area (Å²) in [5.41, 5.74) is 0. The minimum Gasteiger partial charge on any atom is -0.360 e. The first kappa shape index (κ1) is 17.5. The zero-order chi connectivity index (χ0) is 16.6. The van der Waals surface area contributed by atoms with Crippen molar-refractivity contribution >= 4 is 17.3 Å². The summed E-state index contributed by atoms with van der Waals surface area (Å²) in [6.07, 6.45) is 20.5. The molecule has 2 aliphatic carbocycles.